The van der Waals surface area contributed by atoms with E-state index in [1.54, 1.807) is 0 Å². The highest BCUT2D eigenvalue weighted by molar-refractivity contribution is 5.70. The molecule has 0 radical (unpaired) electrons. The van der Waals surface area contributed by atoms with E-state index in [1.165, 1.54) is 0 Å². The zero-order chi connectivity index (χ0) is 10.9. The van der Waals surface area contributed by atoms with Gasteiger partial charge in [0.2, 0.25) is 0 Å². The van der Waals surface area contributed by atoms with Crippen molar-refractivity contribution in [3.63, 3.8) is 0 Å². The topological polar surface area (TPSA) is 57.5 Å². The molecular formula is C10H20NO3+. The quantitative estimate of drug-likeness (QED) is 0.633. The molecule has 0 unspecified atom stereocenters. The summed E-state index contributed by atoms with van der Waals surface area (Å²) in [5.41, 5.74) is 0. The van der Waals surface area contributed by atoms with Gasteiger partial charge < -0.3 is 14.7 Å². The number of nitrogens with zero attached hydrogens (tertiary/aromatic N) is 1. The van der Waals surface area contributed by atoms with Crippen LogP contribution in [0.4, 0.5) is 0 Å². The molecule has 0 spiro atoms. The number of hydrogen-bond acceptors (Lipinski definition) is 2. The number of rotatable bonds is 2. The maximum absolute atomic E-state index is 10.9. The van der Waals surface area contributed by atoms with E-state index in [-0.39, 0.29) is 6.04 Å². The monoisotopic (exact) mass is 202 g/mol. The number of carbonyl (C=O) groups is 1. The van der Waals surface area contributed by atoms with Crippen molar-refractivity contribution >= 4 is 5.97 Å². The summed E-state index contributed by atoms with van der Waals surface area (Å²) < 4.78 is 0.630. The highest BCUT2D eigenvalue weighted by atomic mass is 16.4. The summed E-state index contributed by atoms with van der Waals surface area (Å²) in [6, 6.07) is 0.0462. The summed E-state index contributed by atoms with van der Waals surface area (Å²) in [6.07, 6.45) is 1.71. The summed E-state index contributed by atoms with van der Waals surface area (Å²) in [5.74, 6) is -1.44. The largest absolute Gasteiger partial charge is 0.481 e. The van der Waals surface area contributed by atoms with Crippen molar-refractivity contribution in [1.82, 2.24) is 0 Å². The first-order chi connectivity index (χ1) is 6.34. The summed E-state index contributed by atoms with van der Waals surface area (Å²) >= 11 is 0. The molecule has 1 aliphatic carbocycles. The lowest BCUT2D eigenvalue weighted by molar-refractivity contribution is -0.901. The first-order valence-electron chi connectivity index (χ1n) is 5.06. The Labute approximate surface area is 84.7 Å². The van der Waals surface area contributed by atoms with Crippen molar-refractivity contribution in [3.8, 4) is 0 Å². The Hall–Kier alpha value is -0.610. The van der Waals surface area contributed by atoms with Crippen LogP contribution in [0.2, 0.25) is 0 Å². The van der Waals surface area contributed by atoms with E-state index >= 15 is 0 Å². The highest BCUT2D eigenvalue weighted by Gasteiger charge is 2.42. The normalized spacial score (nSPS) is 34.1. The lowest BCUT2D eigenvalue weighted by atomic mass is 9.82. The molecule has 0 amide bonds. The minimum Gasteiger partial charge on any atom is -0.481 e. The Balaban J connectivity index is 2.76. The fourth-order valence-electron chi connectivity index (χ4n) is 2.27. The van der Waals surface area contributed by atoms with Gasteiger partial charge in [0.05, 0.1) is 27.1 Å². The third-order valence-corrected chi connectivity index (χ3v) is 3.13. The summed E-state index contributed by atoms with van der Waals surface area (Å²) in [4.78, 5) is 10.9. The van der Waals surface area contributed by atoms with Gasteiger partial charge in [-0.05, 0) is 12.8 Å². The third kappa shape index (κ3) is 2.25. The van der Waals surface area contributed by atoms with Crippen molar-refractivity contribution in [2.45, 2.75) is 31.4 Å². The predicted molar refractivity (Wildman–Crippen MR) is 52.8 cm³/mol. The second-order valence-corrected chi connectivity index (χ2v) is 5.05. The molecule has 1 fully saturated rings. The molecule has 0 aromatic heterocycles. The van der Waals surface area contributed by atoms with Gasteiger partial charge in [-0.25, -0.2) is 0 Å². The number of hydrogen-bond donors (Lipinski definition) is 2. The number of aliphatic carboxylic acids is 1. The predicted octanol–water partition coefficient (Wildman–Crippen LogP) is 0.307. The van der Waals surface area contributed by atoms with Crippen LogP contribution in [0.3, 0.4) is 0 Å². The Kier molecular flexibility index (Phi) is 3.17. The molecule has 2 N–H and O–H groups in total. The van der Waals surface area contributed by atoms with E-state index in [2.05, 4.69) is 0 Å². The van der Waals surface area contributed by atoms with Crippen molar-refractivity contribution in [2.75, 3.05) is 21.1 Å². The fraction of sp³-hybridized carbons (Fsp3) is 0.900. The number of carboxylic acids is 1. The zero-order valence-corrected chi connectivity index (χ0v) is 9.10. The summed E-state index contributed by atoms with van der Waals surface area (Å²) in [6.45, 7) is 0. The molecule has 0 saturated heterocycles. The average Bonchev–Trinajstić information content (AvgIpc) is 2.01. The Morgan fingerprint density at radius 3 is 2.29 bits per heavy atom. The molecular weight excluding hydrogens is 182 g/mol. The molecule has 0 heterocycles. The molecule has 3 atom stereocenters. The molecule has 0 aromatic carbocycles. The van der Waals surface area contributed by atoms with Crippen molar-refractivity contribution in [1.29, 1.82) is 0 Å². The SMILES string of the molecule is C[N+](C)(C)[C@H]1CCC[C@@H](C(=O)O)[C@@H]1O. The van der Waals surface area contributed by atoms with Gasteiger partial charge >= 0.3 is 5.97 Å². The van der Waals surface area contributed by atoms with Crippen LogP contribution in [0.5, 0.6) is 0 Å². The molecule has 0 aliphatic heterocycles. The maximum Gasteiger partial charge on any atom is 0.309 e. The Morgan fingerprint density at radius 1 is 1.29 bits per heavy atom. The molecule has 0 bridgehead atoms. The Bertz CT molecular complexity index is 222. The molecule has 1 aliphatic rings. The van der Waals surface area contributed by atoms with Gasteiger partial charge in [0, 0.05) is 6.42 Å². The van der Waals surface area contributed by atoms with Gasteiger partial charge in [-0.2, -0.15) is 0 Å². The van der Waals surface area contributed by atoms with Crippen LogP contribution >= 0.6 is 0 Å². The van der Waals surface area contributed by atoms with Crippen LogP contribution in [0, 0.1) is 5.92 Å². The number of aliphatic hydroxyl groups is 1. The van der Waals surface area contributed by atoms with Gasteiger partial charge in [-0.1, -0.05) is 0 Å². The van der Waals surface area contributed by atoms with Gasteiger partial charge in [0.25, 0.3) is 0 Å². The number of quaternary nitrogens is 1. The van der Waals surface area contributed by atoms with Gasteiger partial charge in [-0.15, -0.1) is 0 Å². The molecule has 4 nitrogen and oxygen atoms in total. The number of likely N-dealkylation sites (N-methyl/N-ethyl adjacent to an activating group) is 1. The third-order valence-electron chi connectivity index (χ3n) is 3.13. The summed E-state index contributed by atoms with van der Waals surface area (Å²) in [7, 11) is 5.99. The number of aliphatic hydroxyl groups excluding tert-OH is 1. The minimum absolute atomic E-state index is 0.0462. The van der Waals surface area contributed by atoms with Gasteiger partial charge in [0.15, 0.2) is 0 Å². The minimum atomic E-state index is -0.865. The van der Waals surface area contributed by atoms with Crippen LogP contribution in [-0.4, -0.2) is 54.0 Å². The summed E-state index contributed by atoms with van der Waals surface area (Å²) in [5, 5.41) is 18.9. The van der Waals surface area contributed by atoms with Crippen LogP contribution in [0.25, 0.3) is 0 Å². The Morgan fingerprint density at radius 2 is 1.86 bits per heavy atom. The highest BCUT2D eigenvalue weighted by Crippen LogP contribution is 2.29. The lowest BCUT2D eigenvalue weighted by Crippen LogP contribution is -2.56. The zero-order valence-electron chi connectivity index (χ0n) is 9.10. The average molecular weight is 202 g/mol. The molecule has 14 heavy (non-hydrogen) atoms. The van der Waals surface area contributed by atoms with Gasteiger partial charge in [0.1, 0.15) is 12.1 Å². The maximum atomic E-state index is 10.9. The molecule has 4 heteroatoms. The van der Waals surface area contributed by atoms with E-state index in [1.807, 2.05) is 21.1 Å². The van der Waals surface area contributed by atoms with Crippen molar-refractivity contribution < 1.29 is 19.5 Å². The smallest absolute Gasteiger partial charge is 0.309 e. The van der Waals surface area contributed by atoms with Crippen LogP contribution in [-0.2, 0) is 4.79 Å². The van der Waals surface area contributed by atoms with E-state index in [0.29, 0.717) is 10.9 Å². The second kappa shape index (κ2) is 3.87. The van der Waals surface area contributed by atoms with Crippen molar-refractivity contribution in [2.24, 2.45) is 5.92 Å². The molecule has 82 valence electrons. The standard InChI is InChI=1S/C10H19NO3/c1-11(2,3)8-6-4-5-7(9(8)12)10(13)14/h7-9,12H,4-6H2,1-3H3/p+1/t7-,8+,9+/m1/s1. The van der Waals surface area contributed by atoms with E-state index in [4.69, 9.17) is 5.11 Å². The fourth-order valence-corrected chi connectivity index (χ4v) is 2.27. The van der Waals surface area contributed by atoms with Crippen LogP contribution in [0.1, 0.15) is 19.3 Å². The first-order valence-corrected chi connectivity index (χ1v) is 5.06. The first kappa shape index (κ1) is 11.5. The lowest BCUT2D eigenvalue weighted by Gasteiger charge is -2.41. The number of carboxylic acid groups (broad SMARTS) is 1. The molecule has 1 rings (SSSR count). The second-order valence-electron chi connectivity index (χ2n) is 5.05. The molecule has 0 aromatic rings. The van der Waals surface area contributed by atoms with Crippen LogP contribution in [0.15, 0.2) is 0 Å². The van der Waals surface area contributed by atoms with E-state index in [9.17, 15) is 9.90 Å². The van der Waals surface area contributed by atoms with Gasteiger partial charge in [-0.3, -0.25) is 4.79 Å². The molecule has 1 saturated carbocycles. The van der Waals surface area contributed by atoms with E-state index < -0.39 is 18.0 Å². The van der Waals surface area contributed by atoms with Crippen molar-refractivity contribution in [3.05, 3.63) is 0 Å². The van der Waals surface area contributed by atoms with Crippen LogP contribution < -0.4 is 0 Å². The van der Waals surface area contributed by atoms with E-state index in [0.717, 1.165) is 12.8 Å².